The number of hydrogen-bond donors (Lipinski definition) is 3. The van der Waals surface area contributed by atoms with E-state index in [2.05, 4.69) is 33.0 Å². The first-order valence-electron chi connectivity index (χ1n) is 11.1. The summed E-state index contributed by atoms with van der Waals surface area (Å²) < 4.78 is 6.09. The number of carbonyl (C=O) groups is 1. The molecule has 2 aliphatic heterocycles. The zero-order valence-electron chi connectivity index (χ0n) is 18.4. The summed E-state index contributed by atoms with van der Waals surface area (Å²) in [5, 5.41) is 16.4. The summed E-state index contributed by atoms with van der Waals surface area (Å²) in [6.07, 6.45) is 4.69. The summed E-state index contributed by atoms with van der Waals surface area (Å²) in [5.74, 6) is 1.29. The average Bonchev–Trinajstić information content (AvgIpc) is 3.44. The second kappa shape index (κ2) is 10.4. The van der Waals surface area contributed by atoms with Crippen molar-refractivity contribution in [3.8, 4) is 0 Å². The Bertz CT molecular complexity index is 1310. The Labute approximate surface area is 214 Å². The lowest BCUT2D eigenvalue weighted by Crippen LogP contribution is -2.45. The van der Waals surface area contributed by atoms with Gasteiger partial charge in [0.25, 0.3) is 5.91 Å². The van der Waals surface area contributed by atoms with Crippen LogP contribution in [0.4, 0.5) is 0 Å². The molecule has 0 spiro atoms. The molecule has 1 fully saturated rings. The highest BCUT2D eigenvalue weighted by molar-refractivity contribution is 8.04. The van der Waals surface area contributed by atoms with Crippen molar-refractivity contribution in [1.82, 2.24) is 20.8 Å². The van der Waals surface area contributed by atoms with Gasteiger partial charge < -0.3 is 15.1 Å². The second-order valence-corrected chi connectivity index (χ2v) is 9.60. The first-order chi connectivity index (χ1) is 15.7. The minimum absolute atomic E-state index is 0. The van der Waals surface area contributed by atoms with Crippen LogP contribution in [0.1, 0.15) is 24.3 Å². The van der Waals surface area contributed by atoms with E-state index < -0.39 is 0 Å². The largest absolute Gasteiger partial charge is 0.461 e. The maximum atomic E-state index is 13.4. The van der Waals surface area contributed by atoms with Crippen LogP contribution >= 0.6 is 36.6 Å². The van der Waals surface area contributed by atoms with Crippen molar-refractivity contribution in [3.63, 3.8) is 0 Å². The summed E-state index contributed by atoms with van der Waals surface area (Å²) >= 11 is 1.51. The van der Waals surface area contributed by atoms with Crippen LogP contribution in [-0.4, -0.2) is 35.2 Å². The van der Waals surface area contributed by atoms with Crippen LogP contribution in [0.5, 0.6) is 0 Å². The molecule has 1 amide bonds. The van der Waals surface area contributed by atoms with Crippen molar-refractivity contribution >= 4 is 70.4 Å². The smallest absolute Gasteiger partial charge is 0.258 e. The highest BCUT2D eigenvalue weighted by Gasteiger charge is 2.29. The Balaban J connectivity index is 0.00000137. The van der Waals surface area contributed by atoms with E-state index in [-0.39, 0.29) is 36.8 Å². The third kappa shape index (κ3) is 4.70. The number of rotatable bonds is 5. The topological polar surface area (TPSA) is 83.0 Å². The summed E-state index contributed by atoms with van der Waals surface area (Å²) in [5.41, 5.74) is 2.72. The van der Waals surface area contributed by atoms with Crippen molar-refractivity contribution in [3.05, 3.63) is 64.9 Å². The zero-order valence-corrected chi connectivity index (χ0v) is 20.8. The molecule has 1 unspecified atom stereocenters. The van der Waals surface area contributed by atoms with E-state index in [0.717, 1.165) is 64.2 Å². The van der Waals surface area contributed by atoms with Gasteiger partial charge in [0.2, 0.25) is 0 Å². The van der Waals surface area contributed by atoms with E-state index in [1.807, 2.05) is 42.5 Å². The van der Waals surface area contributed by atoms with E-state index in [4.69, 9.17) is 4.42 Å². The molecule has 2 aliphatic rings. The number of nitrogens with one attached hydrogen (secondary N) is 3. The van der Waals surface area contributed by atoms with Gasteiger partial charge in [0.15, 0.2) is 0 Å². The number of furan rings is 1. The van der Waals surface area contributed by atoms with Crippen LogP contribution in [0, 0.1) is 5.92 Å². The van der Waals surface area contributed by atoms with E-state index in [1.54, 1.807) is 0 Å². The number of piperidine rings is 1. The third-order valence-electron chi connectivity index (χ3n) is 6.46. The molecule has 4 aromatic rings. The van der Waals surface area contributed by atoms with Crippen molar-refractivity contribution in [2.24, 2.45) is 5.92 Å². The number of nitrogens with zero attached hydrogens (tertiary/aromatic N) is 1. The number of para-hydroxylation sites is 1. The number of amides is 1. The minimum Gasteiger partial charge on any atom is -0.461 e. The van der Waals surface area contributed by atoms with Crippen LogP contribution < -0.4 is 10.6 Å². The molecular formula is C25H26Cl2N4O2S. The number of fused-ring (bicyclic) bond motifs is 1. The molecule has 3 N–H and O–H groups in total. The average molecular weight is 517 g/mol. The van der Waals surface area contributed by atoms with Gasteiger partial charge in [-0.1, -0.05) is 36.0 Å². The van der Waals surface area contributed by atoms with Gasteiger partial charge in [-0.25, -0.2) is 0 Å². The van der Waals surface area contributed by atoms with E-state index >= 15 is 0 Å². The van der Waals surface area contributed by atoms with Crippen molar-refractivity contribution in [2.75, 3.05) is 13.1 Å². The van der Waals surface area contributed by atoms with Crippen molar-refractivity contribution in [1.29, 1.82) is 0 Å². The van der Waals surface area contributed by atoms with Crippen molar-refractivity contribution < 1.29 is 9.21 Å². The number of thioether (sulfide) groups is 1. The maximum absolute atomic E-state index is 13.4. The molecular weight excluding hydrogens is 491 g/mol. The maximum Gasteiger partial charge on any atom is 0.258 e. The lowest BCUT2D eigenvalue weighted by molar-refractivity contribution is -0.117. The minimum atomic E-state index is -0.0353. The predicted octanol–water partition coefficient (Wildman–Crippen LogP) is 5.33. The number of benzene rings is 2. The van der Waals surface area contributed by atoms with Crippen LogP contribution in [0.3, 0.4) is 0 Å². The van der Waals surface area contributed by atoms with E-state index in [9.17, 15) is 4.79 Å². The van der Waals surface area contributed by atoms with Gasteiger partial charge in [-0.2, -0.15) is 5.10 Å². The Kier molecular flexibility index (Phi) is 7.57. The molecule has 0 radical (unpaired) electrons. The van der Waals surface area contributed by atoms with Crippen LogP contribution in [0.15, 0.2) is 62.7 Å². The third-order valence-corrected chi connectivity index (χ3v) is 7.54. The summed E-state index contributed by atoms with van der Waals surface area (Å²) in [7, 11) is 0. The number of halogens is 2. The molecule has 6 rings (SSSR count). The van der Waals surface area contributed by atoms with E-state index in [0.29, 0.717) is 17.2 Å². The Hall–Kier alpha value is -2.45. The molecule has 2 aromatic carbocycles. The molecule has 4 heterocycles. The SMILES string of the molecule is Cl.Cl.O=C(NC(Cc1cc2ccccc2o1)C1CCNCC1)C1=Cc2[nH]nc3cccc(c23)S1. The highest BCUT2D eigenvalue weighted by atomic mass is 35.5. The Morgan fingerprint density at radius 1 is 1.15 bits per heavy atom. The first kappa shape index (κ1) is 24.7. The Morgan fingerprint density at radius 3 is 2.79 bits per heavy atom. The van der Waals surface area contributed by atoms with Gasteiger partial charge in [0.05, 0.1) is 16.1 Å². The molecule has 0 saturated carbocycles. The van der Waals surface area contributed by atoms with Gasteiger partial charge in [-0.3, -0.25) is 9.89 Å². The number of hydrogen-bond acceptors (Lipinski definition) is 5. The first-order valence-corrected chi connectivity index (χ1v) is 11.9. The fraction of sp³-hybridized carbons (Fsp3) is 0.280. The molecule has 9 heteroatoms. The zero-order chi connectivity index (χ0) is 21.5. The van der Waals surface area contributed by atoms with Crippen LogP contribution in [0.25, 0.3) is 27.9 Å². The molecule has 1 saturated heterocycles. The highest BCUT2D eigenvalue weighted by Crippen LogP contribution is 2.40. The predicted molar refractivity (Wildman–Crippen MR) is 142 cm³/mol. The number of carbonyl (C=O) groups excluding carboxylic acids is 1. The fourth-order valence-corrected chi connectivity index (χ4v) is 5.84. The number of aromatic nitrogens is 2. The lowest BCUT2D eigenvalue weighted by atomic mass is 9.87. The molecule has 34 heavy (non-hydrogen) atoms. The monoisotopic (exact) mass is 516 g/mol. The summed E-state index contributed by atoms with van der Waals surface area (Å²) in [6.45, 7) is 1.96. The molecule has 6 nitrogen and oxygen atoms in total. The van der Waals surface area contributed by atoms with Crippen molar-refractivity contribution in [2.45, 2.75) is 30.2 Å². The molecule has 2 aromatic heterocycles. The quantitative estimate of drug-likeness (QED) is 0.334. The van der Waals surface area contributed by atoms with Crippen LogP contribution in [-0.2, 0) is 11.2 Å². The number of aromatic amines is 1. The number of H-pyrrole nitrogens is 1. The summed E-state index contributed by atoms with van der Waals surface area (Å²) in [4.78, 5) is 15.1. The van der Waals surface area contributed by atoms with Gasteiger partial charge >= 0.3 is 0 Å². The lowest BCUT2D eigenvalue weighted by Gasteiger charge is -2.31. The Morgan fingerprint density at radius 2 is 1.97 bits per heavy atom. The molecule has 0 aliphatic carbocycles. The standard InChI is InChI=1S/C25H24N4O2S.2ClH/c30-25(23-14-20-24-18(28-29-20)5-3-7-22(24)32-23)27-19(15-8-10-26-11-9-15)13-17-12-16-4-1-2-6-21(16)31-17;;/h1-7,12,14-15,19,26H,8-11,13H2,(H,27,30)(H,28,29);2*1H. The van der Waals surface area contributed by atoms with Gasteiger partial charge in [0, 0.05) is 28.1 Å². The molecule has 1 atom stereocenters. The van der Waals surface area contributed by atoms with Gasteiger partial charge in [0.1, 0.15) is 11.3 Å². The van der Waals surface area contributed by atoms with Gasteiger partial charge in [-0.05, 0) is 62.2 Å². The fourth-order valence-electron chi connectivity index (χ4n) is 4.82. The summed E-state index contributed by atoms with van der Waals surface area (Å²) in [6, 6.07) is 16.2. The van der Waals surface area contributed by atoms with Gasteiger partial charge in [-0.15, -0.1) is 24.8 Å². The normalized spacial score (nSPS) is 16.4. The second-order valence-electron chi connectivity index (χ2n) is 8.52. The van der Waals surface area contributed by atoms with E-state index in [1.165, 1.54) is 11.8 Å². The molecule has 178 valence electrons. The van der Waals surface area contributed by atoms with Crippen LogP contribution in [0.2, 0.25) is 0 Å². The molecule has 0 bridgehead atoms.